The fourth-order valence-corrected chi connectivity index (χ4v) is 3.63. The van der Waals surface area contributed by atoms with Crippen LogP contribution in [0.3, 0.4) is 0 Å². The summed E-state index contributed by atoms with van der Waals surface area (Å²) in [6.07, 6.45) is 0. The standard InChI is InChI=1S/C8H16I2O6S2/c9-7-17(11,12)5-3-15-1-2-16-4-6-18(13,14)8-10/h1-8H2. The normalized spacial score (nSPS) is 12.8. The van der Waals surface area contributed by atoms with E-state index in [1.54, 1.807) is 45.2 Å². The van der Waals surface area contributed by atoms with Crippen molar-refractivity contribution in [3.63, 3.8) is 0 Å². The minimum atomic E-state index is -3.00. The number of hydrogen-bond donors (Lipinski definition) is 0. The van der Waals surface area contributed by atoms with E-state index in [1.165, 1.54) is 0 Å². The highest BCUT2D eigenvalue weighted by molar-refractivity contribution is 14.1. The fraction of sp³-hybridized carbons (Fsp3) is 1.00. The summed E-state index contributed by atoms with van der Waals surface area (Å²) in [5.74, 6) is -0.00168. The van der Waals surface area contributed by atoms with Crippen LogP contribution in [0.25, 0.3) is 0 Å². The Labute approximate surface area is 135 Å². The number of ether oxygens (including phenoxy) is 2. The van der Waals surface area contributed by atoms with Crippen LogP contribution in [-0.4, -0.2) is 62.3 Å². The first-order chi connectivity index (χ1) is 8.33. The van der Waals surface area contributed by atoms with Crippen LogP contribution in [0.5, 0.6) is 0 Å². The zero-order valence-corrected chi connectivity index (χ0v) is 15.6. The maximum absolute atomic E-state index is 11.1. The average Bonchev–Trinajstić information content (AvgIpc) is 2.32. The van der Waals surface area contributed by atoms with Gasteiger partial charge in [0.25, 0.3) is 0 Å². The summed E-state index contributed by atoms with van der Waals surface area (Å²) in [5, 5.41) is 0. The van der Waals surface area contributed by atoms with Crippen molar-refractivity contribution in [3.8, 4) is 0 Å². The lowest BCUT2D eigenvalue weighted by Crippen LogP contribution is -2.17. The molecule has 0 spiro atoms. The van der Waals surface area contributed by atoms with Crippen LogP contribution in [0.1, 0.15) is 0 Å². The molecule has 0 unspecified atom stereocenters. The predicted octanol–water partition coefficient (Wildman–Crippen LogP) is 0.634. The van der Waals surface area contributed by atoms with E-state index < -0.39 is 19.7 Å². The molecule has 0 atom stereocenters. The highest BCUT2D eigenvalue weighted by Gasteiger charge is 2.08. The summed E-state index contributed by atoms with van der Waals surface area (Å²) in [4.78, 5) is 0. The smallest absolute Gasteiger partial charge is 0.161 e. The van der Waals surface area contributed by atoms with Crippen LogP contribution in [0, 0.1) is 0 Å². The Balaban J connectivity index is 3.43. The predicted molar refractivity (Wildman–Crippen MR) is 87.0 cm³/mol. The first kappa shape index (κ1) is 19.3. The quantitative estimate of drug-likeness (QED) is 0.223. The molecule has 6 nitrogen and oxygen atoms in total. The summed E-state index contributed by atoms with van der Waals surface area (Å²) >= 11 is 3.59. The van der Waals surface area contributed by atoms with Crippen molar-refractivity contribution in [1.29, 1.82) is 0 Å². The first-order valence-corrected chi connectivity index (χ1v) is 11.7. The van der Waals surface area contributed by atoms with Gasteiger partial charge in [-0.2, -0.15) is 0 Å². The zero-order chi connectivity index (χ0) is 14.1. The van der Waals surface area contributed by atoms with E-state index in [1.807, 2.05) is 0 Å². The first-order valence-electron chi connectivity index (χ1n) is 5.01. The maximum atomic E-state index is 11.1. The summed E-state index contributed by atoms with van der Waals surface area (Å²) < 4.78 is 54.7. The van der Waals surface area contributed by atoms with Crippen LogP contribution in [0.4, 0.5) is 0 Å². The van der Waals surface area contributed by atoms with Gasteiger partial charge in [0.05, 0.1) is 37.9 Å². The van der Waals surface area contributed by atoms with Crippen LogP contribution >= 0.6 is 45.2 Å². The number of halogens is 2. The van der Waals surface area contributed by atoms with Gasteiger partial charge in [-0.1, -0.05) is 45.2 Å². The van der Waals surface area contributed by atoms with Gasteiger partial charge in [-0.25, -0.2) is 16.8 Å². The second-order valence-electron chi connectivity index (χ2n) is 3.34. The Kier molecular flexibility index (Phi) is 10.8. The van der Waals surface area contributed by atoms with Gasteiger partial charge in [0.15, 0.2) is 19.7 Å². The van der Waals surface area contributed by atoms with E-state index in [0.717, 1.165) is 0 Å². The Bertz CT molecular complexity index is 365. The van der Waals surface area contributed by atoms with Crippen molar-refractivity contribution in [2.45, 2.75) is 0 Å². The molecule has 0 bridgehead atoms. The molecule has 0 aromatic heterocycles. The minimum absolute atomic E-state index is 0.000839. The SMILES string of the molecule is O=S(=O)(CI)CCOCCOCCS(=O)(=O)CI. The van der Waals surface area contributed by atoms with E-state index >= 15 is 0 Å². The number of alkyl halides is 2. The molecule has 0 saturated carbocycles. The third-order valence-corrected chi connectivity index (χ3v) is 9.72. The highest BCUT2D eigenvalue weighted by atomic mass is 127. The highest BCUT2D eigenvalue weighted by Crippen LogP contribution is 1.97. The molecular weight excluding hydrogens is 510 g/mol. The molecule has 0 heterocycles. The lowest BCUT2D eigenvalue weighted by molar-refractivity contribution is 0.0597. The van der Waals surface area contributed by atoms with Gasteiger partial charge in [0.2, 0.25) is 0 Å². The Morgan fingerprint density at radius 3 is 1.28 bits per heavy atom. The van der Waals surface area contributed by atoms with Crippen molar-refractivity contribution >= 4 is 64.9 Å². The van der Waals surface area contributed by atoms with Gasteiger partial charge >= 0.3 is 0 Å². The molecule has 0 radical (unpaired) electrons. The van der Waals surface area contributed by atoms with Crippen LogP contribution in [-0.2, 0) is 29.1 Å². The largest absolute Gasteiger partial charge is 0.378 e. The molecule has 18 heavy (non-hydrogen) atoms. The van der Waals surface area contributed by atoms with Gasteiger partial charge in [-0.15, -0.1) is 0 Å². The number of rotatable bonds is 11. The Morgan fingerprint density at radius 2 is 1.00 bits per heavy atom. The second-order valence-corrected chi connectivity index (χ2v) is 11.3. The molecule has 0 saturated heterocycles. The molecule has 0 fully saturated rings. The maximum Gasteiger partial charge on any atom is 0.161 e. The van der Waals surface area contributed by atoms with Crippen LogP contribution < -0.4 is 0 Å². The molecule has 0 aliphatic carbocycles. The Hall–Kier alpha value is 1.28. The van der Waals surface area contributed by atoms with E-state index in [-0.39, 0.29) is 45.5 Å². The van der Waals surface area contributed by atoms with Crippen molar-refractivity contribution in [2.24, 2.45) is 0 Å². The monoisotopic (exact) mass is 526 g/mol. The number of sulfone groups is 2. The van der Waals surface area contributed by atoms with E-state index in [9.17, 15) is 16.8 Å². The third-order valence-electron chi connectivity index (χ3n) is 1.78. The second kappa shape index (κ2) is 10.1. The molecule has 0 aromatic rings. The molecule has 0 aliphatic rings. The van der Waals surface area contributed by atoms with Crippen molar-refractivity contribution in [1.82, 2.24) is 0 Å². The van der Waals surface area contributed by atoms with Crippen molar-refractivity contribution in [2.75, 3.05) is 45.5 Å². The molecule has 0 rings (SSSR count). The van der Waals surface area contributed by atoms with Gasteiger partial charge in [0, 0.05) is 0 Å². The van der Waals surface area contributed by atoms with Gasteiger partial charge < -0.3 is 9.47 Å². The van der Waals surface area contributed by atoms with Crippen LogP contribution in [0.15, 0.2) is 0 Å². The molecule has 110 valence electrons. The van der Waals surface area contributed by atoms with Crippen LogP contribution in [0.2, 0.25) is 0 Å². The molecule has 0 aliphatic heterocycles. The van der Waals surface area contributed by atoms with E-state index in [0.29, 0.717) is 0 Å². The zero-order valence-electron chi connectivity index (χ0n) is 9.68. The van der Waals surface area contributed by atoms with Crippen molar-refractivity contribution in [3.05, 3.63) is 0 Å². The van der Waals surface area contributed by atoms with E-state index in [4.69, 9.17) is 9.47 Å². The lowest BCUT2D eigenvalue weighted by atomic mass is 10.7. The van der Waals surface area contributed by atoms with Gasteiger partial charge in [-0.3, -0.25) is 0 Å². The fourth-order valence-electron chi connectivity index (χ4n) is 0.803. The molecular formula is C8H16I2O6S2. The summed E-state index contributed by atoms with van der Waals surface area (Å²) in [5.41, 5.74) is 0. The minimum Gasteiger partial charge on any atom is -0.378 e. The average molecular weight is 526 g/mol. The molecule has 0 aromatic carbocycles. The third kappa shape index (κ3) is 11.1. The van der Waals surface area contributed by atoms with E-state index in [2.05, 4.69) is 0 Å². The van der Waals surface area contributed by atoms with Crippen molar-refractivity contribution < 1.29 is 26.3 Å². The molecule has 0 N–H and O–H groups in total. The number of hydrogen-bond acceptors (Lipinski definition) is 6. The summed E-state index contributed by atoms with van der Waals surface area (Å²) in [7, 11) is -6.00. The lowest BCUT2D eigenvalue weighted by Gasteiger charge is -2.05. The molecule has 10 heteroatoms. The Morgan fingerprint density at radius 1 is 0.667 bits per heavy atom. The summed E-state index contributed by atoms with van der Waals surface area (Å²) in [6, 6.07) is 0. The summed E-state index contributed by atoms with van der Waals surface area (Å²) in [6.45, 7) is 0.809. The molecule has 0 amide bonds. The van der Waals surface area contributed by atoms with Gasteiger partial charge in [0.1, 0.15) is 7.52 Å². The topological polar surface area (TPSA) is 86.7 Å². The van der Waals surface area contributed by atoms with Gasteiger partial charge in [-0.05, 0) is 0 Å².